The van der Waals surface area contributed by atoms with Crippen LogP contribution >= 0.6 is 15.9 Å². The second-order valence-corrected chi connectivity index (χ2v) is 7.09. The molecule has 1 aromatic heterocycles. The summed E-state index contributed by atoms with van der Waals surface area (Å²) in [7, 11) is 1.43. The summed E-state index contributed by atoms with van der Waals surface area (Å²) in [6.45, 7) is 2.07. The number of carbonyl (C=O) groups is 1. The molecular weight excluding hydrogens is 356 g/mol. The van der Waals surface area contributed by atoms with Crippen LogP contribution in [0.4, 0.5) is 0 Å². The Morgan fingerprint density at radius 2 is 2.30 bits per heavy atom. The van der Waals surface area contributed by atoms with E-state index in [0.717, 1.165) is 34.9 Å². The number of nitrogens with zero attached hydrogens (tertiary/aromatic N) is 1. The Balaban J connectivity index is 1.76. The third-order valence-electron chi connectivity index (χ3n) is 4.61. The van der Waals surface area contributed by atoms with Crippen molar-refractivity contribution in [3.8, 4) is 0 Å². The average Bonchev–Trinajstić information content (AvgIpc) is 2.93. The molecule has 1 aliphatic rings. The number of aryl methyl sites for hydroxylation is 1. The number of hydrogen-bond donors (Lipinski definition) is 1. The number of carbonyl (C=O) groups excluding carboxylic acids is 1. The van der Waals surface area contributed by atoms with E-state index in [1.165, 1.54) is 32.8 Å². The molecule has 3 rings (SSSR count). The smallest absolute Gasteiger partial charge is 0.340 e. The van der Waals surface area contributed by atoms with Crippen LogP contribution in [0.25, 0.3) is 10.9 Å². The number of methoxy groups -OCH3 is 1. The average molecular weight is 379 g/mol. The van der Waals surface area contributed by atoms with Gasteiger partial charge in [-0.3, -0.25) is 0 Å². The van der Waals surface area contributed by atoms with Gasteiger partial charge in [0.15, 0.2) is 0 Å². The minimum absolute atomic E-state index is 0.277. The van der Waals surface area contributed by atoms with Crippen LogP contribution in [0, 0.1) is 0 Å². The fraction of sp³-hybridized carbons (Fsp3) is 0.500. The number of esters is 1. The zero-order chi connectivity index (χ0) is 16.2. The molecule has 1 aromatic carbocycles. The lowest BCUT2D eigenvalue weighted by molar-refractivity contribution is 0.0602. The molecule has 0 aliphatic carbocycles. The van der Waals surface area contributed by atoms with Crippen LogP contribution in [0.15, 0.2) is 28.9 Å². The van der Waals surface area contributed by atoms with Gasteiger partial charge in [-0.1, -0.05) is 22.4 Å². The molecule has 0 spiro atoms. The lowest BCUT2D eigenvalue weighted by atomic mass is 10.0. The molecule has 5 heteroatoms. The highest BCUT2D eigenvalue weighted by atomic mass is 79.9. The first kappa shape index (κ1) is 16.5. The Bertz CT molecular complexity index is 690. The van der Waals surface area contributed by atoms with Gasteiger partial charge in [0.2, 0.25) is 0 Å². The van der Waals surface area contributed by atoms with E-state index in [-0.39, 0.29) is 5.97 Å². The minimum atomic E-state index is -0.277. The van der Waals surface area contributed by atoms with E-state index < -0.39 is 0 Å². The second kappa shape index (κ2) is 7.49. The summed E-state index contributed by atoms with van der Waals surface area (Å²) in [5, 5.41) is 4.54. The van der Waals surface area contributed by atoms with Crippen LogP contribution in [0.1, 0.15) is 42.5 Å². The molecule has 4 nitrogen and oxygen atoms in total. The van der Waals surface area contributed by atoms with Crippen LogP contribution in [-0.2, 0) is 11.3 Å². The van der Waals surface area contributed by atoms with Gasteiger partial charge in [-0.05, 0) is 50.4 Å². The molecule has 2 heterocycles. The lowest BCUT2D eigenvalue weighted by Gasteiger charge is -2.23. The van der Waals surface area contributed by atoms with E-state index in [1.807, 2.05) is 18.3 Å². The zero-order valence-corrected chi connectivity index (χ0v) is 15.1. The summed E-state index contributed by atoms with van der Waals surface area (Å²) in [6.07, 6.45) is 8.15. The number of hydrogen-bond acceptors (Lipinski definition) is 3. The van der Waals surface area contributed by atoms with Gasteiger partial charge in [-0.2, -0.15) is 0 Å². The van der Waals surface area contributed by atoms with Gasteiger partial charge < -0.3 is 14.6 Å². The van der Waals surface area contributed by atoms with Crippen molar-refractivity contribution >= 4 is 32.8 Å². The third-order valence-corrected chi connectivity index (χ3v) is 5.11. The Hall–Kier alpha value is -1.33. The van der Waals surface area contributed by atoms with Crippen LogP contribution < -0.4 is 5.32 Å². The van der Waals surface area contributed by atoms with E-state index in [4.69, 9.17) is 4.74 Å². The Labute approximate surface area is 145 Å². The molecule has 1 aliphatic heterocycles. The highest BCUT2D eigenvalue weighted by Crippen LogP contribution is 2.26. The van der Waals surface area contributed by atoms with Crippen molar-refractivity contribution in [1.82, 2.24) is 9.88 Å². The monoisotopic (exact) mass is 378 g/mol. The topological polar surface area (TPSA) is 43.3 Å². The molecule has 1 atom stereocenters. The van der Waals surface area contributed by atoms with Crippen molar-refractivity contribution in [3.05, 3.63) is 34.4 Å². The van der Waals surface area contributed by atoms with Crippen molar-refractivity contribution < 1.29 is 9.53 Å². The predicted molar refractivity (Wildman–Crippen MR) is 95.9 cm³/mol. The Kier molecular flexibility index (Phi) is 5.38. The van der Waals surface area contributed by atoms with E-state index in [1.54, 1.807) is 0 Å². The standard InChI is InChI=1S/C18H23BrN2O2/c1-23-18(22)16-12-21(17-8-7-13(19)11-15(16)17)10-4-6-14-5-2-3-9-20-14/h7-8,11-12,14,20H,2-6,9-10H2,1H3. The zero-order valence-electron chi connectivity index (χ0n) is 13.5. The SMILES string of the molecule is COC(=O)c1cn(CCCC2CCCCN2)c2ccc(Br)cc12. The van der Waals surface area contributed by atoms with Crippen molar-refractivity contribution in [2.75, 3.05) is 13.7 Å². The van der Waals surface area contributed by atoms with Gasteiger partial charge in [0.25, 0.3) is 0 Å². The van der Waals surface area contributed by atoms with E-state index in [0.29, 0.717) is 11.6 Å². The molecule has 1 unspecified atom stereocenters. The van der Waals surface area contributed by atoms with Gasteiger partial charge in [-0.15, -0.1) is 0 Å². The Morgan fingerprint density at radius 1 is 1.43 bits per heavy atom. The number of benzene rings is 1. The number of halogens is 1. The largest absolute Gasteiger partial charge is 0.465 e. The van der Waals surface area contributed by atoms with Crippen LogP contribution in [0.3, 0.4) is 0 Å². The maximum atomic E-state index is 12.0. The maximum Gasteiger partial charge on any atom is 0.340 e. The summed E-state index contributed by atoms with van der Waals surface area (Å²) >= 11 is 3.48. The maximum absolute atomic E-state index is 12.0. The number of aromatic nitrogens is 1. The molecule has 23 heavy (non-hydrogen) atoms. The van der Waals surface area contributed by atoms with Gasteiger partial charge in [0.05, 0.1) is 12.7 Å². The lowest BCUT2D eigenvalue weighted by Crippen LogP contribution is -2.33. The van der Waals surface area contributed by atoms with E-state index in [9.17, 15) is 4.79 Å². The highest BCUT2D eigenvalue weighted by molar-refractivity contribution is 9.10. The van der Waals surface area contributed by atoms with Crippen molar-refractivity contribution in [1.29, 1.82) is 0 Å². The molecule has 1 N–H and O–H groups in total. The first-order valence-corrected chi connectivity index (χ1v) is 9.08. The molecule has 0 amide bonds. The third kappa shape index (κ3) is 3.78. The molecular formula is C18H23BrN2O2. The Morgan fingerprint density at radius 3 is 3.04 bits per heavy atom. The fourth-order valence-corrected chi connectivity index (χ4v) is 3.77. The van der Waals surface area contributed by atoms with Crippen molar-refractivity contribution in [3.63, 3.8) is 0 Å². The number of fused-ring (bicyclic) bond motifs is 1. The number of ether oxygens (including phenoxy) is 1. The highest BCUT2D eigenvalue weighted by Gasteiger charge is 2.16. The normalized spacial score (nSPS) is 18.3. The summed E-state index contributed by atoms with van der Waals surface area (Å²) in [4.78, 5) is 12.0. The van der Waals surface area contributed by atoms with Crippen LogP contribution in [-0.4, -0.2) is 30.2 Å². The molecule has 0 radical (unpaired) electrons. The summed E-state index contributed by atoms with van der Waals surface area (Å²) in [6, 6.07) is 6.72. The molecule has 1 saturated heterocycles. The predicted octanol–water partition coefficient (Wildman–Crippen LogP) is 4.11. The fourth-order valence-electron chi connectivity index (χ4n) is 3.41. The van der Waals surface area contributed by atoms with Gasteiger partial charge in [0.1, 0.15) is 0 Å². The van der Waals surface area contributed by atoms with Gasteiger partial charge >= 0.3 is 5.97 Å². The summed E-state index contributed by atoms with van der Waals surface area (Å²) < 4.78 is 8.07. The van der Waals surface area contributed by atoms with Crippen molar-refractivity contribution in [2.45, 2.75) is 44.7 Å². The van der Waals surface area contributed by atoms with Crippen LogP contribution in [0.5, 0.6) is 0 Å². The summed E-state index contributed by atoms with van der Waals surface area (Å²) in [5.74, 6) is -0.277. The first-order chi connectivity index (χ1) is 11.2. The van der Waals surface area contributed by atoms with E-state index in [2.05, 4.69) is 31.9 Å². The minimum Gasteiger partial charge on any atom is -0.465 e. The first-order valence-electron chi connectivity index (χ1n) is 8.29. The van der Waals surface area contributed by atoms with Gasteiger partial charge in [0, 0.05) is 34.2 Å². The molecule has 2 aromatic rings. The quantitative estimate of drug-likeness (QED) is 0.795. The number of nitrogens with one attached hydrogen (secondary N) is 1. The molecule has 0 bridgehead atoms. The number of piperidine rings is 1. The summed E-state index contributed by atoms with van der Waals surface area (Å²) in [5.41, 5.74) is 1.73. The van der Waals surface area contributed by atoms with Crippen LogP contribution in [0.2, 0.25) is 0 Å². The van der Waals surface area contributed by atoms with Crippen molar-refractivity contribution in [2.24, 2.45) is 0 Å². The number of rotatable bonds is 5. The van der Waals surface area contributed by atoms with E-state index >= 15 is 0 Å². The molecule has 0 saturated carbocycles. The second-order valence-electron chi connectivity index (χ2n) is 6.18. The van der Waals surface area contributed by atoms with Gasteiger partial charge in [-0.25, -0.2) is 4.79 Å². The molecule has 1 fully saturated rings. The molecule has 124 valence electrons.